The van der Waals surface area contributed by atoms with E-state index in [2.05, 4.69) is 23.1 Å². The summed E-state index contributed by atoms with van der Waals surface area (Å²) in [6, 6.07) is 4.00. The van der Waals surface area contributed by atoms with Crippen molar-refractivity contribution in [3.8, 4) is 0 Å². The lowest BCUT2D eigenvalue weighted by Crippen LogP contribution is -1.82. The maximum absolute atomic E-state index is 4.22. The van der Waals surface area contributed by atoms with E-state index in [1.54, 1.807) is 12.4 Å². The number of aromatic nitrogens is 2. The van der Waals surface area contributed by atoms with Crippen LogP contribution in [-0.2, 0) is 0 Å². The summed E-state index contributed by atoms with van der Waals surface area (Å²) in [5.74, 6) is 0. The van der Waals surface area contributed by atoms with E-state index in [4.69, 9.17) is 0 Å². The topological polar surface area (TPSA) is 28.7 Å². The zero-order chi connectivity index (χ0) is 9.26. The van der Waals surface area contributed by atoms with Crippen molar-refractivity contribution in [2.75, 3.05) is 0 Å². The van der Waals surface area contributed by atoms with Crippen LogP contribution in [0.2, 0.25) is 0 Å². The smallest absolute Gasteiger partial charge is 0.0960 e. The summed E-state index contributed by atoms with van der Waals surface area (Å²) in [6.07, 6.45) is 5.30. The number of hydrogen-bond acceptors (Lipinski definition) is 1. The summed E-state index contributed by atoms with van der Waals surface area (Å²) in [5, 5.41) is 0. The first-order chi connectivity index (χ1) is 6.36. The van der Waals surface area contributed by atoms with Gasteiger partial charge < -0.3 is 4.98 Å². The van der Waals surface area contributed by atoms with E-state index in [1.165, 1.54) is 0 Å². The lowest BCUT2D eigenvalue weighted by atomic mass is 10.1. The molecule has 0 fully saturated rings. The average Bonchev–Trinajstić information content (AvgIpc) is 2.63. The normalized spacial score (nSPS) is 10.2. The highest BCUT2D eigenvalue weighted by Crippen LogP contribution is 2.21. The van der Waals surface area contributed by atoms with Gasteiger partial charge in [0.15, 0.2) is 0 Å². The molecule has 1 aromatic heterocycles. The van der Waals surface area contributed by atoms with Gasteiger partial charge in [0.05, 0.1) is 17.4 Å². The molecule has 13 heavy (non-hydrogen) atoms. The second-order valence-corrected chi connectivity index (χ2v) is 2.78. The van der Waals surface area contributed by atoms with E-state index in [-0.39, 0.29) is 0 Å². The van der Waals surface area contributed by atoms with Crippen molar-refractivity contribution in [3.05, 3.63) is 42.7 Å². The zero-order valence-electron chi connectivity index (χ0n) is 7.25. The fourth-order valence-electron chi connectivity index (χ4n) is 1.44. The van der Waals surface area contributed by atoms with Crippen LogP contribution in [0.25, 0.3) is 23.2 Å². The van der Waals surface area contributed by atoms with Gasteiger partial charge in [-0.2, -0.15) is 0 Å². The lowest BCUT2D eigenvalue weighted by Gasteiger charge is -2.00. The SMILES string of the molecule is C=Cc1ccc2[nH]cnc2c1C=C. The van der Waals surface area contributed by atoms with Gasteiger partial charge in [-0.3, -0.25) is 0 Å². The van der Waals surface area contributed by atoms with Crippen LogP contribution in [0, 0.1) is 0 Å². The second-order valence-electron chi connectivity index (χ2n) is 2.78. The summed E-state index contributed by atoms with van der Waals surface area (Å²) >= 11 is 0. The first-order valence-electron chi connectivity index (χ1n) is 4.08. The standard InChI is InChI=1S/C11H10N2/c1-3-8-5-6-10-11(9(8)4-2)13-7-12-10/h3-7H,1-2H2,(H,12,13). The number of imidazole rings is 1. The average molecular weight is 170 g/mol. The van der Waals surface area contributed by atoms with E-state index in [9.17, 15) is 0 Å². The third kappa shape index (κ3) is 1.07. The van der Waals surface area contributed by atoms with Crippen LogP contribution in [-0.4, -0.2) is 9.97 Å². The fourth-order valence-corrected chi connectivity index (χ4v) is 1.44. The van der Waals surface area contributed by atoms with Gasteiger partial charge in [0.2, 0.25) is 0 Å². The Morgan fingerprint density at radius 1 is 1.23 bits per heavy atom. The van der Waals surface area contributed by atoms with Crippen molar-refractivity contribution in [1.29, 1.82) is 0 Å². The van der Waals surface area contributed by atoms with Gasteiger partial charge in [0.25, 0.3) is 0 Å². The van der Waals surface area contributed by atoms with Crippen molar-refractivity contribution in [2.45, 2.75) is 0 Å². The molecule has 2 heteroatoms. The van der Waals surface area contributed by atoms with E-state index < -0.39 is 0 Å². The Bertz CT molecular complexity index is 466. The molecule has 2 nitrogen and oxygen atoms in total. The van der Waals surface area contributed by atoms with Crippen LogP contribution in [0.3, 0.4) is 0 Å². The van der Waals surface area contributed by atoms with Crippen molar-refractivity contribution in [2.24, 2.45) is 0 Å². The molecule has 0 aliphatic carbocycles. The molecule has 0 radical (unpaired) electrons. The van der Waals surface area contributed by atoms with Gasteiger partial charge >= 0.3 is 0 Å². The maximum Gasteiger partial charge on any atom is 0.0960 e. The summed E-state index contributed by atoms with van der Waals surface area (Å²) in [7, 11) is 0. The highest BCUT2D eigenvalue weighted by molar-refractivity contribution is 5.88. The molecule has 1 heterocycles. The highest BCUT2D eigenvalue weighted by Gasteiger charge is 2.03. The second kappa shape index (κ2) is 2.90. The molecular weight excluding hydrogens is 160 g/mol. The number of hydrogen-bond donors (Lipinski definition) is 1. The molecule has 64 valence electrons. The molecule has 0 amide bonds. The third-order valence-corrected chi connectivity index (χ3v) is 2.09. The predicted molar refractivity (Wildman–Crippen MR) is 56.3 cm³/mol. The van der Waals surface area contributed by atoms with Crippen LogP contribution in [0.1, 0.15) is 11.1 Å². The monoisotopic (exact) mass is 170 g/mol. The Morgan fingerprint density at radius 2 is 2.08 bits per heavy atom. The Morgan fingerprint density at radius 3 is 2.77 bits per heavy atom. The molecule has 0 saturated heterocycles. The molecular formula is C11H10N2. The summed E-state index contributed by atoms with van der Waals surface area (Å²) < 4.78 is 0. The van der Waals surface area contributed by atoms with Gasteiger partial charge in [0, 0.05) is 5.56 Å². The first-order valence-corrected chi connectivity index (χ1v) is 4.08. The van der Waals surface area contributed by atoms with E-state index >= 15 is 0 Å². The molecule has 1 N–H and O–H groups in total. The van der Waals surface area contributed by atoms with Crippen LogP contribution in [0.5, 0.6) is 0 Å². The van der Waals surface area contributed by atoms with Crippen LogP contribution < -0.4 is 0 Å². The quantitative estimate of drug-likeness (QED) is 0.737. The first kappa shape index (κ1) is 7.80. The van der Waals surface area contributed by atoms with E-state index in [0.717, 1.165) is 22.2 Å². The minimum absolute atomic E-state index is 0.951. The van der Waals surface area contributed by atoms with E-state index in [1.807, 2.05) is 18.2 Å². The Kier molecular flexibility index (Phi) is 1.74. The van der Waals surface area contributed by atoms with Gasteiger partial charge in [-0.1, -0.05) is 31.4 Å². The Hall–Kier alpha value is -1.83. The molecule has 2 rings (SSSR count). The van der Waals surface area contributed by atoms with Crippen molar-refractivity contribution < 1.29 is 0 Å². The number of nitrogens with one attached hydrogen (secondary N) is 1. The summed E-state index contributed by atoms with van der Waals surface area (Å²) in [4.78, 5) is 7.28. The molecule has 0 bridgehead atoms. The van der Waals surface area contributed by atoms with Crippen LogP contribution >= 0.6 is 0 Å². The van der Waals surface area contributed by atoms with E-state index in [0.29, 0.717) is 0 Å². The number of fused-ring (bicyclic) bond motifs is 1. The zero-order valence-corrected chi connectivity index (χ0v) is 7.25. The van der Waals surface area contributed by atoms with Crippen molar-refractivity contribution in [1.82, 2.24) is 9.97 Å². The largest absolute Gasteiger partial charge is 0.345 e. The molecule has 1 aromatic carbocycles. The number of rotatable bonds is 2. The van der Waals surface area contributed by atoms with Crippen molar-refractivity contribution in [3.63, 3.8) is 0 Å². The third-order valence-electron chi connectivity index (χ3n) is 2.09. The van der Waals surface area contributed by atoms with Crippen molar-refractivity contribution >= 4 is 23.2 Å². The molecule has 0 aliphatic heterocycles. The predicted octanol–water partition coefficient (Wildman–Crippen LogP) is 2.85. The van der Waals surface area contributed by atoms with Crippen LogP contribution in [0.4, 0.5) is 0 Å². The minimum Gasteiger partial charge on any atom is -0.345 e. The lowest BCUT2D eigenvalue weighted by molar-refractivity contribution is 1.34. The number of aromatic amines is 1. The molecule has 0 unspecified atom stereocenters. The van der Waals surface area contributed by atoms with Gasteiger partial charge in [-0.15, -0.1) is 0 Å². The number of nitrogens with zero attached hydrogens (tertiary/aromatic N) is 1. The minimum atomic E-state index is 0.951. The summed E-state index contributed by atoms with van der Waals surface area (Å²) in [6.45, 7) is 7.51. The molecule has 0 spiro atoms. The fraction of sp³-hybridized carbons (Fsp3) is 0. The number of benzene rings is 1. The number of H-pyrrole nitrogens is 1. The Balaban J connectivity index is 2.89. The molecule has 0 atom stereocenters. The molecule has 0 saturated carbocycles. The highest BCUT2D eigenvalue weighted by atomic mass is 14.9. The Labute approximate surface area is 76.6 Å². The van der Waals surface area contributed by atoms with Gasteiger partial charge in [-0.05, 0) is 11.6 Å². The van der Waals surface area contributed by atoms with Gasteiger partial charge in [-0.25, -0.2) is 4.98 Å². The maximum atomic E-state index is 4.22. The van der Waals surface area contributed by atoms with Crippen LogP contribution in [0.15, 0.2) is 31.6 Å². The molecule has 0 aliphatic rings. The van der Waals surface area contributed by atoms with Gasteiger partial charge in [0.1, 0.15) is 0 Å². The summed E-state index contributed by atoms with van der Waals surface area (Å²) in [5.41, 5.74) is 4.08. The molecule has 2 aromatic rings.